The first-order chi connectivity index (χ1) is 5.84. The summed E-state index contributed by atoms with van der Waals surface area (Å²) >= 11 is 3.40. The van der Waals surface area contributed by atoms with Crippen molar-refractivity contribution in [1.82, 2.24) is 0 Å². The van der Waals surface area contributed by atoms with Crippen LogP contribution < -0.4 is 4.74 Å². The lowest BCUT2D eigenvalue weighted by Gasteiger charge is -2.04. The van der Waals surface area contributed by atoms with Crippen LogP contribution in [0.25, 0.3) is 0 Å². The minimum Gasteiger partial charge on any atom is -0.488 e. The summed E-state index contributed by atoms with van der Waals surface area (Å²) in [5, 5.41) is 0. The summed E-state index contributed by atoms with van der Waals surface area (Å²) in [6, 6.07) is 7.82. The van der Waals surface area contributed by atoms with E-state index in [1.54, 1.807) is 0 Å². The van der Waals surface area contributed by atoms with Gasteiger partial charge < -0.3 is 4.74 Å². The molecule has 0 bridgehead atoms. The molecule has 1 rings (SSSR count). The van der Waals surface area contributed by atoms with Crippen LogP contribution in [0.15, 0.2) is 40.9 Å². The third-order valence-corrected chi connectivity index (χ3v) is 2.06. The van der Waals surface area contributed by atoms with Gasteiger partial charge in [-0.1, -0.05) is 24.3 Å². The summed E-state index contributed by atoms with van der Waals surface area (Å²) < 4.78 is 6.44. The molecular formula is C10H11BrO. The van der Waals surface area contributed by atoms with Crippen LogP contribution in [0.1, 0.15) is 6.92 Å². The molecule has 0 spiro atoms. The molecule has 0 amide bonds. The van der Waals surface area contributed by atoms with Gasteiger partial charge in [0.1, 0.15) is 12.4 Å². The van der Waals surface area contributed by atoms with Gasteiger partial charge >= 0.3 is 0 Å². The lowest BCUT2D eigenvalue weighted by molar-refractivity contribution is 0.360. The zero-order valence-electron chi connectivity index (χ0n) is 6.96. The third-order valence-electron chi connectivity index (χ3n) is 1.41. The van der Waals surface area contributed by atoms with Crippen LogP contribution in [0.2, 0.25) is 0 Å². The van der Waals surface area contributed by atoms with Gasteiger partial charge in [0, 0.05) is 0 Å². The summed E-state index contributed by atoms with van der Waals surface area (Å²) in [6.07, 6.45) is 3.94. The van der Waals surface area contributed by atoms with Gasteiger partial charge in [-0.15, -0.1) is 0 Å². The van der Waals surface area contributed by atoms with E-state index in [2.05, 4.69) is 15.9 Å². The van der Waals surface area contributed by atoms with Crippen molar-refractivity contribution in [2.24, 2.45) is 0 Å². The zero-order chi connectivity index (χ0) is 8.81. The van der Waals surface area contributed by atoms with Gasteiger partial charge in [0.2, 0.25) is 0 Å². The highest BCUT2D eigenvalue weighted by Gasteiger charge is 1.95. The van der Waals surface area contributed by atoms with Gasteiger partial charge in [0.15, 0.2) is 0 Å². The number of hydrogen-bond donors (Lipinski definition) is 0. The molecule has 0 heterocycles. The van der Waals surface area contributed by atoms with Gasteiger partial charge in [-0.05, 0) is 35.0 Å². The van der Waals surface area contributed by atoms with Gasteiger partial charge in [-0.25, -0.2) is 0 Å². The van der Waals surface area contributed by atoms with Crippen LogP contribution in [0, 0.1) is 0 Å². The maximum Gasteiger partial charge on any atom is 0.133 e. The fourth-order valence-electron chi connectivity index (χ4n) is 0.796. The Labute approximate surface area is 81.2 Å². The maximum atomic E-state index is 5.44. The van der Waals surface area contributed by atoms with Gasteiger partial charge in [-0.2, -0.15) is 0 Å². The van der Waals surface area contributed by atoms with Crippen LogP contribution in [-0.2, 0) is 0 Å². The minimum atomic E-state index is 0.624. The van der Waals surface area contributed by atoms with E-state index in [1.807, 2.05) is 43.3 Å². The lowest BCUT2D eigenvalue weighted by Crippen LogP contribution is -1.93. The molecule has 0 aliphatic carbocycles. The molecule has 0 aliphatic heterocycles. The highest BCUT2D eigenvalue weighted by Crippen LogP contribution is 2.23. The fraction of sp³-hybridized carbons (Fsp3) is 0.200. The standard InChI is InChI=1S/C10H11BrO/c1-2-3-8-12-10-7-5-4-6-9(10)11/h2-7H,8H2,1H3. The maximum absolute atomic E-state index is 5.44. The van der Waals surface area contributed by atoms with E-state index < -0.39 is 0 Å². The average Bonchev–Trinajstić information content (AvgIpc) is 2.09. The summed E-state index contributed by atoms with van der Waals surface area (Å²) in [5.74, 6) is 0.885. The van der Waals surface area contributed by atoms with E-state index in [1.165, 1.54) is 0 Å². The molecule has 0 aromatic heterocycles. The number of benzene rings is 1. The number of hydrogen-bond acceptors (Lipinski definition) is 1. The highest BCUT2D eigenvalue weighted by molar-refractivity contribution is 9.10. The van der Waals surface area contributed by atoms with Gasteiger partial charge in [0.05, 0.1) is 4.47 Å². The smallest absolute Gasteiger partial charge is 0.133 e. The van der Waals surface area contributed by atoms with Crippen LogP contribution in [-0.4, -0.2) is 6.61 Å². The molecule has 1 aromatic rings. The Balaban J connectivity index is 2.57. The molecule has 1 aromatic carbocycles. The van der Waals surface area contributed by atoms with Crippen molar-refractivity contribution < 1.29 is 4.74 Å². The zero-order valence-corrected chi connectivity index (χ0v) is 8.54. The molecule has 0 aliphatic rings. The van der Waals surface area contributed by atoms with Crippen LogP contribution >= 0.6 is 15.9 Å². The predicted molar refractivity (Wildman–Crippen MR) is 54.5 cm³/mol. The third kappa shape index (κ3) is 2.70. The monoisotopic (exact) mass is 226 g/mol. The Kier molecular flexibility index (Phi) is 3.88. The van der Waals surface area contributed by atoms with Crippen LogP contribution in [0.4, 0.5) is 0 Å². The molecule has 64 valence electrons. The lowest BCUT2D eigenvalue weighted by atomic mass is 10.3. The Morgan fingerprint density at radius 2 is 2.17 bits per heavy atom. The van der Waals surface area contributed by atoms with Crippen molar-refractivity contribution in [3.8, 4) is 5.75 Å². The van der Waals surface area contributed by atoms with Crippen molar-refractivity contribution in [2.45, 2.75) is 6.92 Å². The Hall–Kier alpha value is -0.760. The molecule has 1 nitrogen and oxygen atoms in total. The molecule has 0 fully saturated rings. The second-order valence-corrected chi connectivity index (χ2v) is 3.16. The molecule has 0 atom stereocenters. The predicted octanol–water partition coefficient (Wildman–Crippen LogP) is 3.40. The Bertz CT molecular complexity index is 268. The second kappa shape index (κ2) is 4.99. The summed E-state index contributed by atoms with van der Waals surface area (Å²) in [6.45, 7) is 2.60. The van der Waals surface area contributed by atoms with E-state index in [0.29, 0.717) is 6.61 Å². The van der Waals surface area contributed by atoms with Gasteiger partial charge in [0.25, 0.3) is 0 Å². The summed E-state index contributed by atoms with van der Waals surface area (Å²) in [5.41, 5.74) is 0. The van der Waals surface area contributed by atoms with Crippen molar-refractivity contribution in [1.29, 1.82) is 0 Å². The number of ether oxygens (including phenoxy) is 1. The van der Waals surface area contributed by atoms with Crippen molar-refractivity contribution >= 4 is 15.9 Å². The van der Waals surface area contributed by atoms with Crippen molar-refractivity contribution in [2.75, 3.05) is 6.61 Å². The highest BCUT2D eigenvalue weighted by atomic mass is 79.9. The topological polar surface area (TPSA) is 9.23 Å². The van der Waals surface area contributed by atoms with Crippen LogP contribution in [0.5, 0.6) is 5.75 Å². The molecule has 0 N–H and O–H groups in total. The second-order valence-electron chi connectivity index (χ2n) is 2.31. The van der Waals surface area contributed by atoms with Crippen molar-refractivity contribution in [3.05, 3.63) is 40.9 Å². The van der Waals surface area contributed by atoms with E-state index in [9.17, 15) is 0 Å². The normalized spacial score (nSPS) is 10.5. The molecule has 0 saturated carbocycles. The minimum absolute atomic E-state index is 0.624. The largest absolute Gasteiger partial charge is 0.488 e. The Morgan fingerprint density at radius 1 is 1.42 bits per heavy atom. The number of para-hydroxylation sites is 1. The molecule has 0 radical (unpaired) electrons. The first kappa shape index (κ1) is 9.33. The molecule has 0 unspecified atom stereocenters. The van der Waals surface area contributed by atoms with E-state index >= 15 is 0 Å². The quantitative estimate of drug-likeness (QED) is 0.719. The average molecular weight is 227 g/mol. The van der Waals surface area contributed by atoms with Crippen molar-refractivity contribution in [3.63, 3.8) is 0 Å². The molecule has 0 saturated heterocycles. The summed E-state index contributed by atoms with van der Waals surface area (Å²) in [4.78, 5) is 0. The molecular weight excluding hydrogens is 216 g/mol. The first-order valence-electron chi connectivity index (χ1n) is 3.83. The molecule has 2 heteroatoms. The number of allylic oxidation sites excluding steroid dienone is 1. The van der Waals surface area contributed by atoms with E-state index in [-0.39, 0.29) is 0 Å². The molecule has 12 heavy (non-hydrogen) atoms. The van der Waals surface area contributed by atoms with E-state index in [4.69, 9.17) is 4.74 Å². The fourth-order valence-corrected chi connectivity index (χ4v) is 1.20. The first-order valence-corrected chi connectivity index (χ1v) is 4.62. The summed E-state index contributed by atoms with van der Waals surface area (Å²) in [7, 11) is 0. The van der Waals surface area contributed by atoms with Crippen LogP contribution in [0.3, 0.4) is 0 Å². The van der Waals surface area contributed by atoms with E-state index in [0.717, 1.165) is 10.2 Å². The van der Waals surface area contributed by atoms with Gasteiger partial charge in [-0.3, -0.25) is 0 Å². The Morgan fingerprint density at radius 3 is 2.83 bits per heavy atom. The number of halogens is 1. The number of rotatable bonds is 3. The SMILES string of the molecule is CC=CCOc1ccccc1Br.